The molecule has 1 aliphatic rings. The van der Waals surface area contributed by atoms with Gasteiger partial charge in [-0.3, -0.25) is 0 Å². The van der Waals surface area contributed by atoms with Crippen molar-refractivity contribution < 1.29 is 5.11 Å². The molecule has 0 saturated carbocycles. The summed E-state index contributed by atoms with van der Waals surface area (Å²) in [6.07, 6.45) is 8.35. The molecule has 0 spiro atoms. The molecular formula is C15H26O. The Hall–Kier alpha value is -0.560. The predicted octanol–water partition coefficient (Wildman–Crippen LogP) is 4.23. The van der Waals surface area contributed by atoms with Crippen LogP contribution in [-0.4, -0.2) is 11.7 Å². The maximum absolute atomic E-state index is 8.95. The number of rotatable bonds is 4. The molecule has 0 saturated heterocycles. The monoisotopic (exact) mass is 222 g/mol. The van der Waals surface area contributed by atoms with Crippen LogP contribution in [0.1, 0.15) is 59.8 Å². The van der Waals surface area contributed by atoms with Crippen molar-refractivity contribution in [3.63, 3.8) is 0 Å². The molecule has 1 N–H and O–H groups in total. The maximum atomic E-state index is 8.95. The molecule has 0 atom stereocenters. The molecule has 0 radical (unpaired) electrons. The van der Waals surface area contributed by atoms with Crippen molar-refractivity contribution in [3.05, 3.63) is 22.8 Å². The fourth-order valence-corrected chi connectivity index (χ4v) is 2.75. The van der Waals surface area contributed by atoms with Crippen molar-refractivity contribution in [2.75, 3.05) is 6.61 Å². The zero-order valence-electron chi connectivity index (χ0n) is 11.3. The van der Waals surface area contributed by atoms with E-state index < -0.39 is 0 Å². The van der Waals surface area contributed by atoms with Gasteiger partial charge in [-0.15, -0.1) is 0 Å². The molecule has 92 valence electrons. The van der Waals surface area contributed by atoms with Crippen molar-refractivity contribution in [2.45, 2.75) is 59.8 Å². The molecule has 0 fully saturated rings. The quantitative estimate of drug-likeness (QED) is 0.706. The Labute approximate surface area is 100 Å². The van der Waals surface area contributed by atoms with E-state index in [-0.39, 0.29) is 6.61 Å². The van der Waals surface area contributed by atoms with Gasteiger partial charge >= 0.3 is 0 Å². The molecule has 1 nitrogen and oxygen atoms in total. The Morgan fingerprint density at radius 2 is 2.12 bits per heavy atom. The first-order valence-electron chi connectivity index (χ1n) is 6.43. The van der Waals surface area contributed by atoms with Crippen LogP contribution in [0.4, 0.5) is 0 Å². The second-order valence-corrected chi connectivity index (χ2v) is 5.74. The van der Waals surface area contributed by atoms with E-state index in [2.05, 4.69) is 26.8 Å². The summed E-state index contributed by atoms with van der Waals surface area (Å²) in [6, 6.07) is 0. The van der Waals surface area contributed by atoms with E-state index in [1.54, 1.807) is 11.1 Å². The van der Waals surface area contributed by atoms with Crippen molar-refractivity contribution in [1.29, 1.82) is 0 Å². The summed E-state index contributed by atoms with van der Waals surface area (Å²) in [5.74, 6) is 0. The number of hydrogen-bond donors (Lipinski definition) is 1. The Balaban J connectivity index is 2.64. The standard InChI is InChI=1S/C15H26O/c1-12(11-16)7-5-9-14-13(2)8-6-10-15(14,3)4/h7,16H,5-6,8-11H2,1-4H3. The summed E-state index contributed by atoms with van der Waals surface area (Å²) in [7, 11) is 0. The Morgan fingerprint density at radius 1 is 1.44 bits per heavy atom. The first kappa shape index (κ1) is 13.5. The summed E-state index contributed by atoms with van der Waals surface area (Å²) < 4.78 is 0. The number of hydrogen-bond acceptors (Lipinski definition) is 1. The molecule has 0 aromatic carbocycles. The highest BCUT2D eigenvalue weighted by Crippen LogP contribution is 2.42. The number of aliphatic hydroxyl groups excluding tert-OH is 1. The minimum absolute atomic E-state index is 0.196. The predicted molar refractivity (Wildman–Crippen MR) is 70.4 cm³/mol. The van der Waals surface area contributed by atoms with Crippen LogP contribution in [0.2, 0.25) is 0 Å². The van der Waals surface area contributed by atoms with E-state index >= 15 is 0 Å². The topological polar surface area (TPSA) is 20.2 Å². The highest BCUT2D eigenvalue weighted by molar-refractivity contribution is 5.23. The van der Waals surface area contributed by atoms with Gasteiger partial charge in [0, 0.05) is 0 Å². The summed E-state index contributed by atoms with van der Waals surface area (Å²) in [6.45, 7) is 9.22. The fourth-order valence-electron chi connectivity index (χ4n) is 2.75. The van der Waals surface area contributed by atoms with Gasteiger partial charge in [-0.1, -0.05) is 36.6 Å². The molecule has 1 aliphatic carbocycles. The van der Waals surface area contributed by atoms with Gasteiger partial charge in [0.05, 0.1) is 6.61 Å². The summed E-state index contributed by atoms with van der Waals surface area (Å²) in [5.41, 5.74) is 4.74. The second kappa shape index (κ2) is 5.67. The molecule has 0 heterocycles. The average Bonchev–Trinajstić information content (AvgIpc) is 2.21. The summed E-state index contributed by atoms with van der Waals surface area (Å²) in [5, 5.41) is 8.95. The molecule has 0 amide bonds. The van der Waals surface area contributed by atoms with Crippen LogP contribution in [0.5, 0.6) is 0 Å². The van der Waals surface area contributed by atoms with Gasteiger partial charge in [-0.25, -0.2) is 0 Å². The third-order valence-electron chi connectivity index (χ3n) is 3.82. The lowest BCUT2D eigenvalue weighted by molar-refractivity contribution is 0.330. The lowest BCUT2D eigenvalue weighted by Crippen LogP contribution is -2.20. The molecule has 1 rings (SSSR count). The molecular weight excluding hydrogens is 196 g/mol. The van der Waals surface area contributed by atoms with E-state index in [4.69, 9.17) is 5.11 Å². The third-order valence-corrected chi connectivity index (χ3v) is 3.82. The zero-order chi connectivity index (χ0) is 12.2. The van der Waals surface area contributed by atoms with Crippen molar-refractivity contribution in [1.82, 2.24) is 0 Å². The van der Waals surface area contributed by atoms with Crippen molar-refractivity contribution >= 4 is 0 Å². The Bertz CT molecular complexity index is 295. The van der Waals surface area contributed by atoms with Crippen LogP contribution in [0.25, 0.3) is 0 Å². The summed E-state index contributed by atoms with van der Waals surface area (Å²) >= 11 is 0. The van der Waals surface area contributed by atoms with Crippen LogP contribution in [0, 0.1) is 5.41 Å². The van der Waals surface area contributed by atoms with E-state index in [1.807, 2.05) is 6.92 Å². The Kier molecular flexibility index (Phi) is 4.79. The first-order valence-corrected chi connectivity index (χ1v) is 6.43. The minimum Gasteiger partial charge on any atom is -0.392 e. The van der Waals surface area contributed by atoms with Gasteiger partial charge in [0.25, 0.3) is 0 Å². The smallest absolute Gasteiger partial charge is 0.0639 e. The van der Waals surface area contributed by atoms with E-state index in [0.29, 0.717) is 5.41 Å². The van der Waals surface area contributed by atoms with Gasteiger partial charge in [0.1, 0.15) is 0 Å². The molecule has 16 heavy (non-hydrogen) atoms. The minimum atomic E-state index is 0.196. The molecule has 1 heteroatoms. The van der Waals surface area contributed by atoms with E-state index in [9.17, 15) is 0 Å². The summed E-state index contributed by atoms with van der Waals surface area (Å²) in [4.78, 5) is 0. The highest BCUT2D eigenvalue weighted by Gasteiger charge is 2.27. The lowest BCUT2D eigenvalue weighted by Gasteiger charge is -2.34. The number of allylic oxidation sites excluding steroid dienone is 3. The van der Waals surface area contributed by atoms with Crippen LogP contribution in [0.3, 0.4) is 0 Å². The zero-order valence-corrected chi connectivity index (χ0v) is 11.3. The van der Waals surface area contributed by atoms with Gasteiger partial charge < -0.3 is 5.11 Å². The first-order chi connectivity index (χ1) is 7.47. The maximum Gasteiger partial charge on any atom is 0.0639 e. The van der Waals surface area contributed by atoms with Crippen molar-refractivity contribution in [2.24, 2.45) is 5.41 Å². The Morgan fingerprint density at radius 3 is 2.69 bits per heavy atom. The molecule has 0 aromatic heterocycles. The van der Waals surface area contributed by atoms with Gasteiger partial charge in [0.15, 0.2) is 0 Å². The molecule has 0 aromatic rings. The van der Waals surface area contributed by atoms with Crippen LogP contribution < -0.4 is 0 Å². The molecule has 0 bridgehead atoms. The normalized spacial score (nSPS) is 21.4. The lowest BCUT2D eigenvalue weighted by atomic mass is 9.71. The molecule has 0 aliphatic heterocycles. The SMILES string of the molecule is CC(=CCCC1=C(C)CCCC1(C)C)CO. The highest BCUT2D eigenvalue weighted by atomic mass is 16.3. The average molecular weight is 222 g/mol. The third kappa shape index (κ3) is 3.48. The fraction of sp³-hybridized carbons (Fsp3) is 0.733. The van der Waals surface area contributed by atoms with Gasteiger partial charge in [0.2, 0.25) is 0 Å². The van der Waals surface area contributed by atoms with Crippen molar-refractivity contribution in [3.8, 4) is 0 Å². The molecule has 0 unspecified atom stereocenters. The van der Waals surface area contributed by atoms with Gasteiger partial charge in [-0.05, 0) is 51.4 Å². The van der Waals surface area contributed by atoms with E-state index in [1.165, 1.54) is 19.3 Å². The number of aliphatic hydroxyl groups is 1. The van der Waals surface area contributed by atoms with Crippen LogP contribution in [0.15, 0.2) is 22.8 Å². The van der Waals surface area contributed by atoms with Crippen LogP contribution in [-0.2, 0) is 0 Å². The largest absolute Gasteiger partial charge is 0.392 e. The van der Waals surface area contributed by atoms with E-state index in [0.717, 1.165) is 18.4 Å². The second-order valence-electron chi connectivity index (χ2n) is 5.74. The van der Waals surface area contributed by atoms with Crippen LogP contribution >= 0.6 is 0 Å². The van der Waals surface area contributed by atoms with Gasteiger partial charge in [-0.2, -0.15) is 0 Å².